The van der Waals surface area contributed by atoms with Crippen molar-refractivity contribution in [3.8, 4) is 0 Å². The van der Waals surface area contributed by atoms with Crippen LogP contribution >= 0.6 is 0 Å². The van der Waals surface area contributed by atoms with Crippen LogP contribution in [0, 0.1) is 16.7 Å². The lowest BCUT2D eigenvalue weighted by atomic mass is 9.85. The van der Waals surface area contributed by atoms with Gasteiger partial charge in [0.1, 0.15) is 0 Å². The molecule has 0 saturated heterocycles. The number of rotatable bonds is 9. The summed E-state index contributed by atoms with van der Waals surface area (Å²) in [7, 11) is 0. The van der Waals surface area contributed by atoms with E-state index < -0.39 is 0 Å². The quantitative estimate of drug-likeness (QED) is 0.316. The maximum Gasteiger partial charge on any atom is 0.231 e. The van der Waals surface area contributed by atoms with E-state index in [2.05, 4.69) is 6.92 Å². The van der Waals surface area contributed by atoms with E-state index in [0.29, 0.717) is 0 Å². The van der Waals surface area contributed by atoms with E-state index in [1.54, 1.807) is 0 Å². The van der Waals surface area contributed by atoms with E-state index in [1.807, 2.05) is 0 Å². The third kappa shape index (κ3) is 21.1. The molecule has 0 heterocycles. The fourth-order valence-corrected chi connectivity index (χ4v) is 3.04. The standard InChI is InChI=1S/C16H32.2CHNO/c1-2-3-4-5-6-7-8-10-13-16-14-11-9-12-15-16;2*2-1-3/h16H,2-15H2,1H3;2*2H. The summed E-state index contributed by atoms with van der Waals surface area (Å²) in [6, 6.07) is 0. The molecule has 128 valence electrons. The Balaban J connectivity index is 0. The Hall–Kier alpha value is -1.24. The summed E-state index contributed by atoms with van der Waals surface area (Å²) >= 11 is 0. The summed E-state index contributed by atoms with van der Waals surface area (Å²) in [5.41, 5.74) is 0. The van der Waals surface area contributed by atoms with Crippen LogP contribution in [0.5, 0.6) is 0 Å². The molecular formula is C18H34N2O2. The molecule has 2 N–H and O–H groups in total. The fraction of sp³-hybridized carbons (Fsp3) is 0.889. The molecule has 0 spiro atoms. The number of nitrogens with one attached hydrogen (secondary N) is 2. The monoisotopic (exact) mass is 310 g/mol. The van der Waals surface area contributed by atoms with Crippen molar-refractivity contribution in [2.24, 2.45) is 5.92 Å². The Kier molecular flexibility index (Phi) is 23.1. The van der Waals surface area contributed by atoms with Crippen LogP contribution in [0.3, 0.4) is 0 Å². The minimum absolute atomic E-state index is 0.750. The lowest BCUT2D eigenvalue weighted by Crippen LogP contribution is -2.05. The summed E-state index contributed by atoms with van der Waals surface area (Å²) in [4.78, 5) is 16.7. The molecular weight excluding hydrogens is 276 g/mol. The van der Waals surface area contributed by atoms with Gasteiger partial charge < -0.3 is 0 Å². The maximum absolute atomic E-state index is 8.35. The van der Waals surface area contributed by atoms with E-state index >= 15 is 0 Å². The van der Waals surface area contributed by atoms with Crippen LogP contribution in [0.25, 0.3) is 0 Å². The predicted octanol–water partition coefficient (Wildman–Crippen LogP) is 5.90. The van der Waals surface area contributed by atoms with Crippen LogP contribution in [-0.2, 0) is 9.59 Å². The zero-order valence-electron chi connectivity index (χ0n) is 14.3. The molecule has 0 aromatic heterocycles. The van der Waals surface area contributed by atoms with E-state index in [1.165, 1.54) is 89.9 Å². The SMILES string of the molecule is CCCCCCCCCCC1CCCCC1.N=C=O.N=C=O. The Morgan fingerprint density at radius 2 is 1.18 bits per heavy atom. The average molecular weight is 310 g/mol. The topological polar surface area (TPSA) is 81.8 Å². The zero-order chi connectivity index (χ0) is 16.9. The smallest absolute Gasteiger partial charge is 0.222 e. The Morgan fingerprint density at radius 1 is 0.773 bits per heavy atom. The van der Waals surface area contributed by atoms with Crippen molar-refractivity contribution in [3.05, 3.63) is 0 Å². The van der Waals surface area contributed by atoms with Gasteiger partial charge in [0.25, 0.3) is 0 Å². The number of carbonyl (C=O) groups excluding carboxylic acids is 2. The summed E-state index contributed by atoms with van der Waals surface area (Å²) < 4.78 is 0. The Morgan fingerprint density at radius 3 is 1.64 bits per heavy atom. The minimum Gasteiger partial charge on any atom is -0.222 e. The molecule has 4 heteroatoms. The number of isocyanates is 2. The molecule has 0 aromatic rings. The van der Waals surface area contributed by atoms with Gasteiger partial charge in [-0.15, -0.1) is 0 Å². The molecule has 0 amide bonds. The zero-order valence-corrected chi connectivity index (χ0v) is 14.3. The highest BCUT2D eigenvalue weighted by atomic mass is 16.1. The molecule has 1 saturated carbocycles. The van der Waals surface area contributed by atoms with Crippen LogP contribution in [0.4, 0.5) is 0 Å². The van der Waals surface area contributed by atoms with Crippen LogP contribution in [0.1, 0.15) is 96.8 Å². The van der Waals surface area contributed by atoms with Crippen molar-refractivity contribution in [2.75, 3.05) is 0 Å². The number of unbranched alkanes of at least 4 members (excludes halogenated alkanes) is 7. The largest absolute Gasteiger partial charge is 0.231 e. The van der Waals surface area contributed by atoms with Crippen molar-refractivity contribution in [1.82, 2.24) is 0 Å². The van der Waals surface area contributed by atoms with Gasteiger partial charge in [-0.05, 0) is 5.92 Å². The van der Waals surface area contributed by atoms with Gasteiger partial charge in [0, 0.05) is 0 Å². The van der Waals surface area contributed by atoms with Gasteiger partial charge in [0.15, 0.2) is 0 Å². The second kappa shape index (κ2) is 22.0. The molecule has 1 aliphatic carbocycles. The van der Waals surface area contributed by atoms with Crippen molar-refractivity contribution in [3.63, 3.8) is 0 Å². The molecule has 1 fully saturated rings. The molecule has 0 radical (unpaired) electrons. The van der Waals surface area contributed by atoms with Crippen molar-refractivity contribution >= 4 is 12.2 Å². The average Bonchev–Trinajstić information content (AvgIpc) is 2.53. The van der Waals surface area contributed by atoms with Gasteiger partial charge in [0.2, 0.25) is 12.2 Å². The lowest BCUT2D eigenvalue weighted by molar-refractivity contribution is 0.328. The van der Waals surface area contributed by atoms with E-state index in [4.69, 9.17) is 20.4 Å². The van der Waals surface area contributed by atoms with Gasteiger partial charge >= 0.3 is 0 Å². The van der Waals surface area contributed by atoms with Crippen molar-refractivity contribution < 1.29 is 9.59 Å². The van der Waals surface area contributed by atoms with E-state index in [-0.39, 0.29) is 0 Å². The summed E-state index contributed by atoms with van der Waals surface area (Å²) in [6.45, 7) is 2.30. The van der Waals surface area contributed by atoms with Gasteiger partial charge in [-0.1, -0.05) is 96.8 Å². The number of hydrogen-bond acceptors (Lipinski definition) is 4. The highest BCUT2D eigenvalue weighted by molar-refractivity contribution is 5.26. The molecule has 4 nitrogen and oxygen atoms in total. The molecule has 0 bridgehead atoms. The first kappa shape index (κ1) is 23.0. The van der Waals surface area contributed by atoms with Crippen LogP contribution in [0.15, 0.2) is 0 Å². The van der Waals surface area contributed by atoms with Gasteiger partial charge in [-0.2, -0.15) is 0 Å². The minimum atomic E-state index is 0.750. The highest BCUT2D eigenvalue weighted by Gasteiger charge is 2.12. The molecule has 0 aromatic carbocycles. The Bertz CT molecular complexity index is 263. The normalized spacial score (nSPS) is 13.7. The molecule has 22 heavy (non-hydrogen) atoms. The van der Waals surface area contributed by atoms with E-state index in [9.17, 15) is 0 Å². The van der Waals surface area contributed by atoms with Gasteiger partial charge in [0.05, 0.1) is 0 Å². The maximum atomic E-state index is 8.35. The highest BCUT2D eigenvalue weighted by Crippen LogP contribution is 2.28. The Labute approximate surface area is 136 Å². The lowest BCUT2D eigenvalue weighted by Gasteiger charge is -2.21. The molecule has 1 aliphatic rings. The second-order valence-electron chi connectivity index (χ2n) is 5.97. The molecule has 0 unspecified atom stereocenters. The van der Waals surface area contributed by atoms with Crippen LogP contribution in [-0.4, -0.2) is 12.2 Å². The predicted molar refractivity (Wildman–Crippen MR) is 90.6 cm³/mol. The third-order valence-electron chi connectivity index (χ3n) is 4.19. The van der Waals surface area contributed by atoms with Crippen LogP contribution in [0.2, 0.25) is 0 Å². The summed E-state index contributed by atoms with van der Waals surface area (Å²) in [5, 5.41) is 10.8. The summed E-state index contributed by atoms with van der Waals surface area (Å²) in [6.07, 6.45) is 22.4. The first-order valence-electron chi connectivity index (χ1n) is 8.84. The first-order chi connectivity index (χ1) is 10.8. The molecule has 0 atom stereocenters. The van der Waals surface area contributed by atoms with Crippen molar-refractivity contribution in [2.45, 2.75) is 96.8 Å². The molecule has 1 rings (SSSR count). The number of hydrogen-bond donors (Lipinski definition) is 2. The van der Waals surface area contributed by atoms with Crippen LogP contribution < -0.4 is 0 Å². The van der Waals surface area contributed by atoms with Gasteiger partial charge in [-0.3, -0.25) is 0 Å². The molecule has 0 aliphatic heterocycles. The second-order valence-corrected chi connectivity index (χ2v) is 5.97. The third-order valence-corrected chi connectivity index (χ3v) is 4.19. The van der Waals surface area contributed by atoms with Crippen molar-refractivity contribution in [1.29, 1.82) is 10.8 Å². The summed E-state index contributed by atoms with van der Waals surface area (Å²) in [5.74, 6) is 1.11. The van der Waals surface area contributed by atoms with Gasteiger partial charge in [-0.25, -0.2) is 20.4 Å². The van der Waals surface area contributed by atoms with E-state index in [0.717, 1.165) is 18.1 Å². The first-order valence-corrected chi connectivity index (χ1v) is 8.84. The fourth-order valence-electron chi connectivity index (χ4n) is 3.04.